The van der Waals surface area contributed by atoms with Gasteiger partial charge in [-0.1, -0.05) is 72.8 Å². The van der Waals surface area contributed by atoms with Crippen LogP contribution in [0.25, 0.3) is 33.1 Å². The molecule has 0 aliphatic carbocycles. The predicted octanol–water partition coefficient (Wildman–Crippen LogP) is 6.45. The number of imide groups is 1. The number of piperazine rings is 1. The minimum absolute atomic E-state index is 0.0536. The van der Waals surface area contributed by atoms with Crippen molar-refractivity contribution in [3.05, 3.63) is 114 Å². The minimum atomic E-state index is -0.503. The number of aryl methyl sites for hydroxylation is 2. The predicted molar refractivity (Wildman–Crippen MR) is 217 cm³/mol. The van der Waals surface area contributed by atoms with Gasteiger partial charge in [0.15, 0.2) is 6.61 Å². The van der Waals surface area contributed by atoms with Gasteiger partial charge in [-0.05, 0) is 73.7 Å². The van der Waals surface area contributed by atoms with E-state index in [2.05, 4.69) is 106 Å². The number of carbonyl (C=O) groups is 3. The molecule has 2 saturated heterocycles. The third-order valence-corrected chi connectivity index (χ3v) is 11.2. The molecular formula is C45H48N6O5. The number of carbonyl (C=O) groups excluding carboxylic acids is 3. The highest BCUT2D eigenvalue weighted by atomic mass is 16.5. The summed E-state index contributed by atoms with van der Waals surface area (Å²) in [4.78, 5) is 41.6. The van der Waals surface area contributed by atoms with Gasteiger partial charge in [0.05, 0.1) is 23.9 Å². The van der Waals surface area contributed by atoms with Crippen molar-refractivity contribution in [2.24, 2.45) is 7.05 Å². The summed E-state index contributed by atoms with van der Waals surface area (Å²) in [6, 6.07) is 33.3. The molecule has 0 radical (unpaired) electrons. The summed E-state index contributed by atoms with van der Waals surface area (Å²) in [6.07, 6.45) is 2.67. The SMILES string of the molecule is Cc1c(-c2ccccc2)n(Cc2ccc(OCCCCN3CCN(C(=O)COc4cccc5c(C6CCC(=O)NC6=O)nn(C)c45)CC3)cc2)c2ccccc12. The van der Waals surface area contributed by atoms with Gasteiger partial charge in [-0.2, -0.15) is 5.10 Å². The van der Waals surface area contributed by atoms with Crippen LogP contribution in [-0.4, -0.2) is 87.8 Å². The van der Waals surface area contributed by atoms with Gasteiger partial charge in [0.2, 0.25) is 11.8 Å². The highest BCUT2D eigenvalue weighted by Crippen LogP contribution is 2.35. The summed E-state index contributed by atoms with van der Waals surface area (Å²) in [5, 5.41) is 9.10. The maximum Gasteiger partial charge on any atom is 0.260 e. The van der Waals surface area contributed by atoms with Crippen LogP contribution in [0.3, 0.4) is 0 Å². The quantitative estimate of drug-likeness (QED) is 0.107. The van der Waals surface area contributed by atoms with Gasteiger partial charge in [-0.3, -0.25) is 29.3 Å². The standard InChI is InChI=1S/C45H48N6O5/c1-31-35-13-6-7-15-38(35)51(43(31)33-11-4-3-5-12-33)29-32-17-19-34(20-18-32)55-28-9-8-23-49-24-26-50(27-25-49)41(53)30-56-39-16-10-14-36-42(47-48(2)44(36)39)37-21-22-40(52)46-45(37)54/h3-7,10-20,37H,8-9,21-30H2,1-2H3,(H,46,52,54). The van der Waals surface area contributed by atoms with Crippen molar-refractivity contribution in [3.63, 3.8) is 0 Å². The van der Waals surface area contributed by atoms with E-state index in [1.165, 1.54) is 33.3 Å². The number of hydrogen-bond donors (Lipinski definition) is 1. The lowest BCUT2D eigenvalue weighted by Gasteiger charge is -2.34. The lowest BCUT2D eigenvalue weighted by atomic mass is 9.93. The number of para-hydroxylation sites is 2. The van der Waals surface area contributed by atoms with Gasteiger partial charge in [0, 0.05) is 62.5 Å². The van der Waals surface area contributed by atoms with Crippen LogP contribution < -0.4 is 14.8 Å². The van der Waals surface area contributed by atoms with E-state index < -0.39 is 5.92 Å². The second-order valence-corrected chi connectivity index (χ2v) is 14.8. The zero-order valence-electron chi connectivity index (χ0n) is 32.1. The highest BCUT2D eigenvalue weighted by molar-refractivity contribution is 6.03. The molecule has 288 valence electrons. The van der Waals surface area contributed by atoms with E-state index in [0.29, 0.717) is 37.6 Å². The van der Waals surface area contributed by atoms with Crippen LogP contribution >= 0.6 is 0 Å². The molecular weight excluding hydrogens is 705 g/mol. The van der Waals surface area contributed by atoms with Gasteiger partial charge < -0.3 is 18.9 Å². The highest BCUT2D eigenvalue weighted by Gasteiger charge is 2.32. The summed E-state index contributed by atoms with van der Waals surface area (Å²) >= 11 is 0. The number of aromatic nitrogens is 3. The zero-order valence-corrected chi connectivity index (χ0v) is 32.1. The van der Waals surface area contributed by atoms with Crippen molar-refractivity contribution in [2.75, 3.05) is 45.9 Å². The topological polar surface area (TPSA) is 111 Å². The van der Waals surface area contributed by atoms with Gasteiger partial charge in [0.25, 0.3) is 5.91 Å². The Morgan fingerprint density at radius 1 is 0.839 bits per heavy atom. The number of benzene rings is 4. The first-order chi connectivity index (χ1) is 27.3. The maximum absolute atomic E-state index is 13.2. The van der Waals surface area contributed by atoms with Gasteiger partial charge in [0.1, 0.15) is 17.0 Å². The van der Waals surface area contributed by atoms with Crippen molar-refractivity contribution in [1.29, 1.82) is 0 Å². The van der Waals surface area contributed by atoms with E-state index >= 15 is 0 Å². The van der Waals surface area contributed by atoms with Crippen molar-refractivity contribution in [3.8, 4) is 22.8 Å². The average molecular weight is 753 g/mol. The van der Waals surface area contributed by atoms with Crippen LogP contribution in [0.2, 0.25) is 0 Å². The number of nitrogens with zero attached hydrogens (tertiary/aromatic N) is 5. The second kappa shape index (κ2) is 16.4. The fourth-order valence-electron chi connectivity index (χ4n) is 8.22. The Balaban J connectivity index is 0.770. The molecule has 8 rings (SSSR count). The van der Waals surface area contributed by atoms with Crippen LogP contribution in [0.1, 0.15) is 48.4 Å². The van der Waals surface area contributed by atoms with Crippen LogP contribution in [0.15, 0.2) is 97.1 Å². The van der Waals surface area contributed by atoms with E-state index in [4.69, 9.17) is 9.47 Å². The average Bonchev–Trinajstić information content (AvgIpc) is 3.70. The number of nitrogens with one attached hydrogen (secondary N) is 1. The number of ether oxygens (including phenoxy) is 2. The summed E-state index contributed by atoms with van der Waals surface area (Å²) < 4.78 is 16.3. The van der Waals surface area contributed by atoms with Crippen molar-refractivity contribution < 1.29 is 23.9 Å². The molecule has 11 heteroatoms. The van der Waals surface area contributed by atoms with Gasteiger partial charge >= 0.3 is 0 Å². The Morgan fingerprint density at radius 2 is 1.59 bits per heavy atom. The van der Waals surface area contributed by atoms with Crippen molar-refractivity contribution >= 4 is 39.5 Å². The molecule has 3 amide bonds. The summed E-state index contributed by atoms with van der Waals surface area (Å²) in [5.74, 6) is 0.278. The molecule has 4 heterocycles. The Hall–Kier alpha value is -5.94. The van der Waals surface area contributed by atoms with Crippen LogP contribution in [0.5, 0.6) is 11.5 Å². The second-order valence-electron chi connectivity index (χ2n) is 14.8. The normalized spacial score (nSPS) is 16.4. The van der Waals surface area contributed by atoms with Crippen LogP contribution in [-0.2, 0) is 28.0 Å². The Labute approximate surface area is 326 Å². The number of unbranched alkanes of at least 4 members (excludes halogenated alkanes) is 1. The Kier molecular flexibility index (Phi) is 10.9. The Bertz CT molecular complexity index is 2360. The first kappa shape index (κ1) is 37.0. The lowest BCUT2D eigenvalue weighted by Crippen LogP contribution is -2.50. The third kappa shape index (κ3) is 7.77. The first-order valence-electron chi connectivity index (χ1n) is 19.6. The van der Waals surface area contributed by atoms with Crippen molar-refractivity contribution in [2.45, 2.75) is 45.1 Å². The van der Waals surface area contributed by atoms with E-state index in [1.54, 1.807) is 11.7 Å². The van der Waals surface area contributed by atoms with Crippen LogP contribution in [0, 0.1) is 6.92 Å². The molecule has 2 aliphatic rings. The zero-order chi connectivity index (χ0) is 38.6. The number of rotatable bonds is 13. The molecule has 2 aliphatic heterocycles. The summed E-state index contributed by atoms with van der Waals surface area (Å²) in [7, 11) is 1.80. The fraction of sp³-hybridized carbons (Fsp3) is 0.333. The summed E-state index contributed by atoms with van der Waals surface area (Å²) in [5.41, 5.74) is 7.59. The molecule has 0 spiro atoms. The molecule has 0 saturated carbocycles. The number of fused-ring (bicyclic) bond motifs is 2. The number of amides is 3. The molecule has 1 N–H and O–H groups in total. The molecule has 6 aromatic rings. The fourth-order valence-corrected chi connectivity index (χ4v) is 8.22. The third-order valence-electron chi connectivity index (χ3n) is 11.2. The molecule has 11 nitrogen and oxygen atoms in total. The van der Waals surface area contributed by atoms with E-state index in [0.717, 1.165) is 55.7 Å². The number of hydrogen-bond acceptors (Lipinski definition) is 7. The maximum atomic E-state index is 13.2. The smallest absolute Gasteiger partial charge is 0.260 e. The van der Waals surface area contributed by atoms with Crippen molar-refractivity contribution in [1.82, 2.24) is 29.5 Å². The van der Waals surface area contributed by atoms with E-state index in [1.807, 2.05) is 23.1 Å². The molecule has 1 atom stereocenters. The lowest BCUT2D eigenvalue weighted by molar-refractivity contribution is -0.135. The Morgan fingerprint density at radius 3 is 2.38 bits per heavy atom. The van der Waals surface area contributed by atoms with Gasteiger partial charge in [-0.15, -0.1) is 0 Å². The minimum Gasteiger partial charge on any atom is -0.494 e. The van der Waals surface area contributed by atoms with Crippen LogP contribution in [0.4, 0.5) is 0 Å². The monoisotopic (exact) mass is 752 g/mol. The van der Waals surface area contributed by atoms with E-state index in [9.17, 15) is 14.4 Å². The molecule has 2 aromatic heterocycles. The van der Waals surface area contributed by atoms with Gasteiger partial charge in [-0.25, -0.2) is 0 Å². The molecule has 4 aromatic carbocycles. The van der Waals surface area contributed by atoms with E-state index in [-0.39, 0.29) is 30.7 Å². The summed E-state index contributed by atoms with van der Waals surface area (Å²) in [6.45, 7) is 7.51. The first-order valence-corrected chi connectivity index (χ1v) is 19.6. The molecule has 0 bridgehead atoms. The number of piperidine rings is 1. The molecule has 2 fully saturated rings. The molecule has 1 unspecified atom stereocenters. The largest absolute Gasteiger partial charge is 0.494 e. The molecule has 56 heavy (non-hydrogen) atoms.